The molecule has 5 rings (SSSR count). The van der Waals surface area contributed by atoms with Crippen molar-refractivity contribution in [3.63, 3.8) is 0 Å². The molecule has 3 heterocycles. The van der Waals surface area contributed by atoms with Gasteiger partial charge in [0, 0.05) is 37.2 Å². The van der Waals surface area contributed by atoms with Gasteiger partial charge in [0.2, 0.25) is 5.91 Å². The summed E-state index contributed by atoms with van der Waals surface area (Å²) in [6.45, 7) is 1.06. The molecule has 0 unspecified atom stereocenters. The van der Waals surface area contributed by atoms with Gasteiger partial charge in [0.05, 0.1) is 32.6 Å². The molecule has 2 aliphatic heterocycles. The summed E-state index contributed by atoms with van der Waals surface area (Å²) in [5, 5.41) is 1.47. The van der Waals surface area contributed by atoms with Crippen LogP contribution in [0.25, 0.3) is 10.9 Å². The zero-order valence-corrected chi connectivity index (χ0v) is 16.7. The second-order valence-corrected chi connectivity index (χ2v) is 8.32. The van der Waals surface area contributed by atoms with Crippen LogP contribution in [0.1, 0.15) is 5.56 Å². The van der Waals surface area contributed by atoms with Crippen molar-refractivity contribution in [1.29, 1.82) is 0 Å². The van der Waals surface area contributed by atoms with E-state index in [1.165, 1.54) is 6.07 Å². The van der Waals surface area contributed by atoms with Crippen molar-refractivity contribution >= 4 is 55.7 Å². The van der Waals surface area contributed by atoms with E-state index >= 15 is 0 Å². The number of para-hydroxylation sites is 1. The number of anilines is 2. The second kappa shape index (κ2) is 5.66. The Morgan fingerprint density at radius 2 is 1.96 bits per heavy atom. The monoisotopic (exact) mass is 445 g/mol. The molecule has 2 aliphatic rings. The number of halogens is 3. The molecule has 3 aromatic rings. The Labute approximate surface area is 168 Å². The lowest BCUT2D eigenvalue weighted by Crippen LogP contribution is -2.64. The maximum absolute atomic E-state index is 14.0. The standard InChI is InChI=1S/C20H14BrClFN3O/c1-25-17-8-24-15-7-14(23)12(21)6-11(15)18(17)20(19(25)27)9-26(10-20)16-5-3-2-4-13(16)22/h2-8H,9-10H2,1H3. The van der Waals surface area contributed by atoms with Gasteiger partial charge in [-0.2, -0.15) is 0 Å². The van der Waals surface area contributed by atoms with Gasteiger partial charge in [-0.15, -0.1) is 0 Å². The Balaban J connectivity index is 1.67. The first-order chi connectivity index (χ1) is 12.9. The zero-order valence-electron chi connectivity index (χ0n) is 14.3. The van der Waals surface area contributed by atoms with E-state index in [1.54, 1.807) is 24.2 Å². The average molecular weight is 447 g/mol. The minimum absolute atomic E-state index is 0.0375. The van der Waals surface area contributed by atoms with Gasteiger partial charge in [-0.05, 0) is 34.1 Å². The summed E-state index contributed by atoms with van der Waals surface area (Å²) in [6, 6.07) is 10.7. The number of hydrogen-bond donors (Lipinski definition) is 0. The van der Waals surface area contributed by atoms with E-state index in [1.807, 2.05) is 24.3 Å². The third-order valence-corrected chi connectivity index (χ3v) is 6.49. The predicted molar refractivity (Wildman–Crippen MR) is 108 cm³/mol. The molecular weight excluding hydrogens is 433 g/mol. The van der Waals surface area contributed by atoms with E-state index in [0.29, 0.717) is 28.1 Å². The van der Waals surface area contributed by atoms with E-state index in [2.05, 4.69) is 25.8 Å². The maximum Gasteiger partial charge on any atom is 0.241 e. The number of rotatable bonds is 1. The summed E-state index contributed by atoms with van der Waals surface area (Å²) < 4.78 is 14.3. The molecule has 1 spiro atoms. The Kier molecular flexibility index (Phi) is 3.55. The molecule has 2 aromatic carbocycles. The first-order valence-corrected chi connectivity index (χ1v) is 9.65. The average Bonchev–Trinajstić information content (AvgIpc) is 2.84. The van der Waals surface area contributed by atoms with E-state index < -0.39 is 5.41 Å². The Hall–Kier alpha value is -2.18. The Bertz CT molecular complexity index is 1130. The van der Waals surface area contributed by atoms with Crippen LogP contribution in [0.5, 0.6) is 0 Å². The smallest absolute Gasteiger partial charge is 0.241 e. The van der Waals surface area contributed by atoms with Gasteiger partial charge in [-0.1, -0.05) is 23.7 Å². The number of aromatic nitrogens is 1. The van der Waals surface area contributed by atoms with Crippen LogP contribution < -0.4 is 9.80 Å². The summed E-state index contributed by atoms with van der Waals surface area (Å²) in [4.78, 5) is 21.3. The fourth-order valence-corrected chi connectivity index (χ4v) is 4.85. The van der Waals surface area contributed by atoms with Gasteiger partial charge in [0.25, 0.3) is 0 Å². The van der Waals surface area contributed by atoms with Crippen molar-refractivity contribution in [3.8, 4) is 0 Å². The van der Waals surface area contributed by atoms with Crippen molar-refractivity contribution in [2.45, 2.75) is 5.41 Å². The molecule has 0 aliphatic carbocycles. The van der Waals surface area contributed by atoms with Crippen LogP contribution in [0.15, 0.2) is 47.1 Å². The van der Waals surface area contributed by atoms with E-state index in [0.717, 1.165) is 22.3 Å². The number of likely N-dealkylation sites (N-methyl/N-ethyl adjacent to an activating group) is 1. The molecule has 7 heteroatoms. The molecule has 0 N–H and O–H groups in total. The number of pyridine rings is 1. The quantitative estimate of drug-likeness (QED) is 0.551. The second-order valence-electron chi connectivity index (χ2n) is 7.06. The van der Waals surface area contributed by atoms with Crippen LogP contribution in [0, 0.1) is 5.82 Å². The summed E-state index contributed by atoms with van der Waals surface area (Å²) in [6.07, 6.45) is 1.66. The topological polar surface area (TPSA) is 36.4 Å². The number of fused-ring (bicyclic) bond motifs is 4. The molecule has 4 nitrogen and oxygen atoms in total. The fraction of sp³-hybridized carbons (Fsp3) is 0.200. The van der Waals surface area contributed by atoms with Crippen LogP contribution in [-0.2, 0) is 10.2 Å². The summed E-state index contributed by atoms with van der Waals surface area (Å²) in [5.74, 6) is -0.330. The predicted octanol–water partition coefficient (Wildman–Crippen LogP) is 4.52. The lowest BCUT2D eigenvalue weighted by Gasteiger charge is -2.48. The van der Waals surface area contributed by atoms with Crippen LogP contribution in [-0.4, -0.2) is 31.0 Å². The van der Waals surface area contributed by atoms with Crippen LogP contribution in [0.4, 0.5) is 15.8 Å². The van der Waals surface area contributed by atoms with E-state index in [-0.39, 0.29) is 11.7 Å². The number of nitrogens with zero attached hydrogens (tertiary/aromatic N) is 3. The molecule has 0 radical (unpaired) electrons. The number of amides is 1. The minimum atomic E-state index is -0.665. The van der Waals surface area contributed by atoms with Crippen molar-refractivity contribution in [2.75, 3.05) is 29.9 Å². The third kappa shape index (κ3) is 2.20. The number of hydrogen-bond acceptors (Lipinski definition) is 3. The molecule has 0 atom stereocenters. The van der Waals surface area contributed by atoms with Gasteiger partial charge < -0.3 is 9.80 Å². The van der Waals surface area contributed by atoms with E-state index in [4.69, 9.17) is 11.6 Å². The van der Waals surface area contributed by atoms with Crippen molar-refractivity contribution in [3.05, 3.63) is 63.5 Å². The van der Waals surface area contributed by atoms with Gasteiger partial charge in [0.15, 0.2) is 0 Å². The SMILES string of the molecule is CN1C(=O)C2(CN(c3ccccc3Cl)C2)c2c1cnc1cc(F)c(Br)cc21. The first-order valence-electron chi connectivity index (χ1n) is 8.48. The molecule has 1 aromatic heterocycles. The third-order valence-electron chi connectivity index (χ3n) is 5.56. The van der Waals surface area contributed by atoms with Crippen LogP contribution >= 0.6 is 27.5 Å². The van der Waals surface area contributed by atoms with Gasteiger partial charge >= 0.3 is 0 Å². The maximum atomic E-state index is 14.0. The highest BCUT2D eigenvalue weighted by atomic mass is 79.9. The highest BCUT2D eigenvalue weighted by molar-refractivity contribution is 9.10. The number of carbonyl (C=O) groups is 1. The molecule has 0 saturated carbocycles. The molecular formula is C20H14BrClFN3O. The molecule has 0 bridgehead atoms. The van der Waals surface area contributed by atoms with Crippen molar-refractivity contribution in [2.24, 2.45) is 0 Å². The highest BCUT2D eigenvalue weighted by Gasteiger charge is 2.58. The van der Waals surface area contributed by atoms with Gasteiger partial charge in [0.1, 0.15) is 11.2 Å². The Morgan fingerprint density at radius 3 is 2.70 bits per heavy atom. The normalized spacial score (nSPS) is 17.6. The van der Waals surface area contributed by atoms with Gasteiger partial charge in [-0.25, -0.2) is 4.39 Å². The lowest BCUT2D eigenvalue weighted by atomic mass is 9.73. The van der Waals surface area contributed by atoms with Crippen molar-refractivity contribution in [1.82, 2.24) is 4.98 Å². The molecule has 27 heavy (non-hydrogen) atoms. The fourth-order valence-electron chi connectivity index (χ4n) is 4.25. The molecule has 1 fully saturated rings. The first kappa shape index (κ1) is 17.0. The summed E-state index contributed by atoms with van der Waals surface area (Å²) in [5.41, 5.74) is 2.50. The van der Waals surface area contributed by atoms with E-state index in [9.17, 15) is 9.18 Å². The number of carbonyl (C=O) groups excluding carboxylic acids is 1. The number of benzene rings is 2. The molecule has 1 saturated heterocycles. The van der Waals surface area contributed by atoms with Crippen LogP contribution in [0.2, 0.25) is 5.02 Å². The van der Waals surface area contributed by atoms with Gasteiger partial charge in [-0.3, -0.25) is 9.78 Å². The largest absolute Gasteiger partial charge is 0.367 e. The Morgan fingerprint density at radius 1 is 1.22 bits per heavy atom. The van der Waals surface area contributed by atoms with Crippen LogP contribution in [0.3, 0.4) is 0 Å². The minimum Gasteiger partial charge on any atom is -0.367 e. The van der Waals surface area contributed by atoms with Crippen molar-refractivity contribution < 1.29 is 9.18 Å². The molecule has 136 valence electrons. The highest BCUT2D eigenvalue weighted by Crippen LogP contribution is 2.51. The lowest BCUT2D eigenvalue weighted by molar-refractivity contribution is -0.123. The molecule has 1 amide bonds. The summed E-state index contributed by atoms with van der Waals surface area (Å²) in [7, 11) is 1.76. The summed E-state index contributed by atoms with van der Waals surface area (Å²) >= 11 is 9.59. The zero-order chi connectivity index (χ0) is 18.9.